The number of carbonyl (C=O) groups excluding carboxylic acids is 1. The van der Waals surface area contributed by atoms with Gasteiger partial charge in [-0.3, -0.25) is 4.79 Å². The highest BCUT2D eigenvalue weighted by Crippen LogP contribution is 2.33. The summed E-state index contributed by atoms with van der Waals surface area (Å²) in [6.07, 6.45) is 6.50. The standard InChI is InChI=1S/C23H27ClN4O3/c1-17-4-6-19(7-5-17)27-23(29)15-31-22-13-20(24)18(12-21(22)30-2)14-25-8-3-10-28-11-9-26-16-28/h4-7,9,11-13,16,25H,3,8,10,14-15H2,1-2H3,(H,27,29). The van der Waals surface area contributed by atoms with Gasteiger partial charge in [-0.15, -0.1) is 0 Å². The van der Waals surface area contributed by atoms with Crippen LogP contribution in [0, 0.1) is 6.92 Å². The molecule has 0 aliphatic heterocycles. The minimum absolute atomic E-state index is 0.146. The van der Waals surface area contributed by atoms with Gasteiger partial charge in [-0.25, -0.2) is 4.98 Å². The molecule has 1 aromatic heterocycles. The molecule has 7 nitrogen and oxygen atoms in total. The molecular formula is C23H27ClN4O3. The molecule has 8 heteroatoms. The lowest BCUT2D eigenvalue weighted by Crippen LogP contribution is -2.20. The Morgan fingerprint density at radius 3 is 2.71 bits per heavy atom. The number of amides is 1. The molecule has 1 heterocycles. The van der Waals surface area contributed by atoms with Crippen molar-refractivity contribution in [3.05, 3.63) is 71.3 Å². The number of rotatable bonds is 11. The van der Waals surface area contributed by atoms with E-state index >= 15 is 0 Å². The van der Waals surface area contributed by atoms with E-state index < -0.39 is 0 Å². The Kier molecular flexibility index (Phi) is 8.32. The predicted molar refractivity (Wildman–Crippen MR) is 122 cm³/mol. The number of benzene rings is 2. The molecule has 2 N–H and O–H groups in total. The van der Waals surface area contributed by atoms with Crippen molar-refractivity contribution in [1.29, 1.82) is 0 Å². The summed E-state index contributed by atoms with van der Waals surface area (Å²) < 4.78 is 13.1. The van der Waals surface area contributed by atoms with E-state index in [9.17, 15) is 4.79 Å². The summed E-state index contributed by atoms with van der Waals surface area (Å²) in [5.41, 5.74) is 2.75. The molecule has 0 saturated heterocycles. The summed E-state index contributed by atoms with van der Waals surface area (Å²) in [4.78, 5) is 16.2. The van der Waals surface area contributed by atoms with Gasteiger partial charge in [-0.05, 0) is 43.7 Å². The minimum atomic E-state index is -0.259. The molecule has 0 bridgehead atoms. The second-order valence-corrected chi connectivity index (χ2v) is 7.54. The molecule has 0 fully saturated rings. The van der Waals surface area contributed by atoms with Gasteiger partial charge in [0.05, 0.1) is 13.4 Å². The predicted octanol–water partition coefficient (Wildman–Crippen LogP) is 4.05. The maximum absolute atomic E-state index is 12.2. The zero-order valence-corrected chi connectivity index (χ0v) is 18.5. The first-order valence-electron chi connectivity index (χ1n) is 10.1. The normalized spacial score (nSPS) is 10.7. The van der Waals surface area contributed by atoms with Crippen molar-refractivity contribution >= 4 is 23.2 Å². The van der Waals surface area contributed by atoms with E-state index in [-0.39, 0.29) is 12.5 Å². The number of halogens is 1. The molecule has 0 unspecified atom stereocenters. The quantitative estimate of drug-likeness (QED) is 0.438. The number of hydrogen-bond donors (Lipinski definition) is 2. The topological polar surface area (TPSA) is 77.4 Å². The van der Waals surface area contributed by atoms with Gasteiger partial charge in [0.25, 0.3) is 5.91 Å². The highest BCUT2D eigenvalue weighted by Gasteiger charge is 2.12. The summed E-state index contributed by atoms with van der Waals surface area (Å²) in [6.45, 7) is 4.20. The van der Waals surface area contributed by atoms with Crippen molar-refractivity contribution < 1.29 is 14.3 Å². The first-order valence-corrected chi connectivity index (χ1v) is 10.4. The molecule has 2 aromatic carbocycles. The largest absolute Gasteiger partial charge is 0.493 e. The van der Waals surface area contributed by atoms with E-state index in [4.69, 9.17) is 21.1 Å². The van der Waals surface area contributed by atoms with Crippen LogP contribution < -0.4 is 20.1 Å². The van der Waals surface area contributed by atoms with Gasteiger partial charge in [0, 0.05) is 42.3 Å². The van der Waals surface area contributed by atoms with Crippen LogP contribution in [-0.2, 0) is 17.9 Å². The monoisotopic (exact) mass is 442 g/mol. The first-order chi connectivity index (χ1) is 15.0. The second kappa shape index (κ2) is 11.4. The number of anilines is 1. The number of ether oxygens (including phenoxy) is 2. The first kappa shape index (κ1) is 22.7. The average molecular weight is 443 g/mol. The van der Waals surface area contributed by atoms with Gasteiger partial charge >= 0.3 is 0 Å². The highest BCUT2D eigenvalue weighted by molar-refractivity contribution is 6.31. The maximum Gasteiger partial charge on any atom is 0.262 e. The zero-order chi connectivity index (χ0) is 22.1. The summed E-state index contributed by atoms with van der Waals surface area (Å²) in [7, 11) is 1.56. The van der Waals surface area contributed by atoms with Crippen molar-refractivity contribution in [1.82, 2.24) is 14.9 Å². The van der Waals surface area contributed by atoms with E-state index in [2.05, 4.69) is 15.6 Å². The van der Waals surface area contributed by atoms with Gasteiger partial charge in [-0.2, -0.15) is 0 Å². The van der Waals surface area contributed by atoms with Crippen molar-refractivity contribution in [3.63, 3.8) is 0 Å². The van der Waals surface area contributed by atoms with Crippen LogP contribution in [0.25, 0.3) is 0 Å². The van der Waals surface area contributed by atoms with Crippen molar-refractivity contribution in [2.24, 2.45) is 0 Å². The number of nitrogens with one attached hydrogen (secondary N) is 2. The van der Waals surface area contributed by atoms with Gasteiger partial charge < -0.3 is 24.7 Å². The zero-order valence-electron chi connectivity index (χ0n) is 17.7. The fourth-order valence-corrected chi connectivity index (χ4v) is 3.21. The molecule has 0 atom stereocenters. The van der Waals surface area contributed by atoms with Crippen molar-refractivity contribution in [2.45, 2.75) is 26.4 Å². The SMILES string of the molecule is COc1cc(CNCCCn2ccnc2)c(Cl)cc1OCC(=O)Nc1ccc(C)cc1. The number of methoxy groups -OCH3 is 1. The van der Waals surface area contributed by atoms with Crippen LogP contribution in [-0.4, -0.2) is 35.7 Å². The molecule has 1 amide bonds. The highest BCUT2D eigenvalue weighted by atomic mass is 35.5. The third-order valence-corrected chi connectivity index (χ3v) is 5.02. The lowest BCUT2D eigenvalue weighted by Gasteiger charge is -2.14. The van der Waals surface area contributed by atoms with E-state index in [1.807, 2.05) is 54.3 Å². The van der Waals surface area contributed by atoms with E-state index in [1.54, 1.807) is 19.4 Å². The summed E-state index contributed by atoms with van der Waals surface area (Å²) in [6, 6.07) is 11.1. The number of imidazole rings is 1. The van der Waals surface area contributed by atoms with Gasteiger partial charge in [-0.1, -0.05) is 29.3 Å². The van der Waals surface area contributed by atoms with Crippen LogP contribution in [0.15, 0.2) is 55.1 Å². The summed E-state index contributed by atoms with van der Waals surface area (Å²) in [5.74, 6) is 0.698. The lowest BCUT2D eigenvalue weighted by molar-refractivity contribution is -0.118. The van der Waals surface area contributed by atoms with Gasteiger partial charge in [0.2, 0.25) is 0 Å². The molecule has 31 heavy (non-hydrogen) atoms. The van der Waals surface area contributed by atoms with Crippen LogP contribution in [0.3, 0.4) is 0 Å². The Balaban J connectivity index is 1.49. The van der Waals surface area contributed by atoms with Gasteiger partial charge in [0.1, 0.15) is 0 Å². The second-order valence-electron chi connectivity index (χ2n) is 7.13. The van der Waals surface area contributed by atoms with Gasteiger partial charge in [0.15, 0.2) is 18.1 Å². The van der Waals surface area contributed by atoms with Crippen LogP contribution in [0.2, 0.25) is 5.02 Å². The molecule has 0 spiro atoms. The van der Waals surface area contributed by atoms with Crippen molar-refractivity contribution in [2.75, 3.05) is 25.6 Å². The fraction of sp³-hybridized carbons (Fsp3) is 0.304. The van der Waals surface area contributed by atoms with E-state index in [0.29, 0.717) is 23.1 Å². The van der Waals surface area contributed by atoms with Crippen LogP contribution >= 0.6 is 11.6 Å². The number of nitrogens with zero attached hydrogens (tertiary/aromatic N) is 2. The Labute approximate surface area is 187 Å². The number of carbonyl (C=O) groups is 1. The smallest absolute Gasteiger partial charge is 0.262 e. The van der Waals surface area contributed by atoms with E-state index in [1.165, 1.54) is 0 Å². The Morgan fingerprint density at radius 1 is 1.19 bits per heavy atom. The average Bonchev–Trinajstić information content (AvgIpc) is 3.28. The van der Waals surface area contributed by atoms with Crippen LogP contribution in [0.1, 0.15) is 17.5 Å². The summed E-state index contributed by atoms with van der Waals surface area (Å²) >= 11 is 6.42. The van der Waals surface area contributed by atoms with Crippen LogP contribution in [0.5, 0.6) is 11.5 Å². The Morgan fingerprint density at radius 2 is 2.00 bits per heavy atom. The molecule has 0 aliphatic carbocycles. The number of aryl methyl sites for hydroxylation is 2. The molecule has 164 valence electrons. The Hall–Kier alpha value is -3.03. The Bertz CT molecular complexity index is 975. The summed E-state index contributed by atoms with van der Waals surface area (Å²) in [5, 5.41) is 6.73. The van der Waals surface area contributed by atoms with Crippen molar-refractivity contribution in [3.8, 4) is 11.5 Å². The number of hydrogen-bond acceptors (Lipinski definition) is 5. The van der Waals surface area contributed by atoms with Crippen LogP contribution in [0.4, 0.5) is 5.69 Å². The molecule has 0 radical (unpaired) electrons. The molecule has 0 saturated carbocycles. The lowest BCUT2D eigenvalue weighted by atomic mass is 10.2. The molecule has 0 aliphatic rings. The molecular weight excluding hydrogens is 416 g/mol. The molecule has 3 rings (SSSR count). The fourth-order valence-electron chi connectivity index (χ4n) is 2.99. The minimum Gasteiger partial charge on any atom is -0.493 e. The third kappa shape index (κ3) is 7.01. The number of aromatic nitrogens is 2. The van der Waals surface area contributed by atoms with E-state index in [0.717, 1.165) is 36.3 Å². The molecule has 3 aromatic rings. The maximum atomic E-state index is 12.2. The third-order valence-electron chi connectivity index (χ3n) is 4.67.